The van der Waals surface area contributed by atoms with Gasteiger partial charge in [-0.3, -0.25) is 14.6 Å². The number of nitrogens with one attached hydrogen (secondary N) is 2. The van der Waals surface area contributed by atoms with Crippen molar-refractivity contribution in [1.82, 2.24) is 15.3 Å². The van der Waals surface area contributed by atoms with Crippen molar-refractivity contribution in [1.29, 1.82) is 0 Å². The van der Waals surface area contributed by atoms with Crippen molar-refractivity contribution < 1.29 is 31.8 Å². The van der Waals surface area contributed by atoms with Crippen molar-refractivity contribution in [3.63, 3.8) is 0 Å². The maximum absolute atomic E-state index is 14.3. The molecule has 3 aromatic rings. The zero-order valence-corrected chi connectivity index (χ0v) is 15.9. The Bertz CT molecular complexity index is 1130. The number of carbonyl (C=O) groups excluding carboxylic acids is 1. The van der Waals surface area contributed by atoms with Crippen LogP contribution in [0, 0.1) is 5.82 Å². The molecule has 0 radical (unpaired) electrons. The molecule has 0 bridgehead atoms. The minimum absolute atomic E-state index is 0.102. The second-order valence-corrected chi connectivity index (χ2v) is 6.21. The fourth-order valence-corrected chi connectivity index (χ4v) is 2.71. The maximum atomic E-state index is 14.3. The Morgan fingerprint density at radius 2 is 1.94 bits per heavy atom. The Balaban J connectivity index is 1.99. The van der Waals surface area contributed by atoms with Crippen LogP contribution in [-0.4, -0.2) is 29.3 Å². The summed E-state index contributed by atoms with van der Waals surface area (Å²) in [7, 11) is 1.41. The minimum atomic E-state index is -5.06. The van der Waals surface area contributed by atoms with E-state index in [0.717, 1.165) is 18.2 Å². The highest BCUT2D eigenvalue weighted by molar-refractivity contribution is 5.94. The number of rotatable bonds is 6. The number of carbonyl (C=O) groups is 1. The number of H-pyrrole nitrogens is 1. The van der Waals surface area contributed by atoms with Crippen LogP contribution in [0.25, 0.3) is 0 Å². The summed E-state index contributed by atoms with van der Waals surface area (Å²) >= 11 is 0. The zero-order chi connectivity index (χ0) is 22.6. The van der Waals surface area contributed by atoms with Crippen LogP contribution in [0.15, 0.2) is 59.7 Å². The molecule has 1 unspecified atom stereocenters. The highest BCUT2D eigenvalue weighted by atomic mass is 19.4. The summed E-state index contributed by atoms with van der Waals surface area (Å²) in [5.41, 5.74) is 0.0291. The van der Waals surface area contributed by atoms with Crippen molar-refractivity contribution in [2.75, 3.05) is 7.11 Å². The largest absolute Gasteiger partial charge is 0.573 e. The third-order valence-electron chi connectivity index (χ3n) is 4.12. The number of hydrogen-bond donors (Lipinski definition) is 2. The van der Waals surface area contributed by atoms with Crippen LogP contribution in [-0.2, 0) is 0 Å². The lowest BCUT2D eigenvalue weighted by Crippen LogP contribution is -2.30. The predicted molar refractivity (Wildman–Crippen MR) is 100 cm³/mol. The van der Waals surface area contributed by atoms with Crippen LogP contribution in [0.1, 0.15) is 27.7 Å². The lowest BCUT2D eigenvalue weighted by Gasteiger charge is -2.20. The van der Waals surface area contributed by atoms with Gasteiger partial charge >= 0.3 is 6.36 Å². The molecule has 1 aromatic carbocycles. The van der Waals surface area contributed by atoms with Crippen molar-refractivity contribution in [3.05, 3.63) is 87.9 Å². The van der Waals surface area contributed by atoms with E-state index in [1.54, 1.807) is 6.07 Å². The Kier molecular flexibility index (Phi) is 6.23. The van der Waals surface area contributed by atoms with Gasteiger partial charge in [0.15, 0.2) is 11.6 Å². The normalized spacial score (nSPS) is 12.2. The Morgan fingerprint density at radius 1 is 1.16 bits per heavy atom. The SMILES string of the molecule is COc1ccnc(C(NC(=O)c2ccc(=O)[nH]c2)c2ccc(OC(F)(F)F)c(F)c2)c1. The van der Waals surface area contributed by atoms with Crippen LogP contribution >= 0.6 is 0 Å². The summed E-state index contributed by atoms with van der Waals surface area (Å²) < 4.78 is 60.3. The standard InChI is InChI=1S/C20H15F4N3O4/c1-30-13-6-7-25-15(9-13)18(27-19(29)12-3-5-17(28)26-10-12)11-2-4-16(14(21)8-11)31-20(22,23)24/h2-10,18H,1H3,(H,26,28)(H,27,29). The Hall–Kier alpha value is -3.89. The van der Waals surface area contributed by atoms with Gasteiger partial charge in [-0.05, 0) is 29.8 Å². The molecule has 0 spiro atoms. The highest BCUT2D eigenvalue weighted by Crippen LogP contribution is 2.30. The number of hydrogen-bond acceptors (Lipinski definition) is 5. The fourth-order valence-electron chi connectivity index (χ4n) is 2.71. The molecule has 0 saturated carbocycles. The van der Waals surface area contributed by atoms with E-state index in [0.29, 0.717) is 5.75 Å². The van der Waals surface area contributed by atoms with Gasteiger partial charge in [-0.15, -0.1) is 13.2 Å². The molecule has 0 saturated heterocycles. The van der Waals surface area contributed by atoms with Crippen molar-refractivity contribution in [3.8, 4) is 11.5 Å². The van der Waals surface area contributed by atoms with Crippen LogP contribution in [0.3, 0.4) is 0 Å². The van der Waals surface area contributed by atoms with Crippen LogP contribution < -0.4 is 20.3 Å². The summed E-state index contributed by atoms with van der Waals surface area (Å²) in [6, 6.07) is 7.19. The molecule has 2 N–H and O–H groups in total. The molecule has 2 aromatic heterocycles. The molecular formula is C20H15F4N3O4. The van der Waals surface area contributed by atoms with Crippen molar-refractivity contribution in [2.45, 2.75) is 12.4 Å². The van der Waals surface area contributed by atoms with E-state index in [1.807, 2.05) is 0 Å². The first-order valence-electron chi connectivity index (χ1n) is 8.71. The number of amides is 1. The summed E-state index contributed by atoms with van der Waals surface area (Å²) in [5, 5.41) is 2.62. The van der Waals surface area contributed by atoms with Gasteiger partial charge in [0.1, 0.15) is 5.75 Å². The highest BCUT2D eigenvalue weighted by Gasteiger charge is 2.32. The topological polar surface area (TPSA) is 93.3 Å². The average molecular weight is 437 g/mol. The number of aromatic nitrogens is 2. The third-order valence-corrected chi connectivity index (χ3v) is 4.12. The van der Waals surface area contributed by atoms with E-state index >= 15 is 0 Å². The molecular weight excluding hydrogens is 422 g/mol. The van der Waals surface area contributed by atoms with E-state index in [1.165, 1.54) is 37.7 Å². The van der Waals surface area contributed by atoms with Crippen LogP contribution in [0.5, 0.6) is 11.5 Å². The first kappa shape index (κ1) is 21.8. The van der Waals surface area contributed by atoms with Gasteiger partial charge in [0.2, 0.25) is 5.56 Å². The molecule has 0 aliphatic rings. The number of methoxy groups -OCH3 is 1. The third kappa shape index (κ3) is 5.59. The lowest BCUT2D eigenvalue weighted by atomic mass is 10.0. The molecule has 0 fully saturated rings. The number of nitrogens with zero attached hydrogens (tertiary/aromatic N) is 1. The van der Waals surface area contributed by atoms with Gasteiger partial charge in [0.25, 0.3) is 5.91 Å². The maximum Gasteiger partial charge on any atom is 0.573 e. The van der Waals surface area contributed by atoms with E-state index in [4.69, 9.17) is 4.74 Å². The van der Waals surface area contributed by atoms with Crippen molar-refractivity contribution >= 4 is 5.91 Å². The molecule has 162 valence electrons. The fraction of sp³-hybridized carbons (Fsp3) is 0.150. The number of benzene rings is 1. The molecule has 11 heteroatoms. The van der Waals surface area contributed by atoms with Gasteiger partial charge in [-0.25, -0.2) is 4.39 Å². The van der Waals surface area contributed by atoms with E-state index < -0.39 is 35.4 Å². The van der Waals surface area contributed by atoms with Crippen molar-refractivity contribution in [2.24, 2.45) is 0 Å². The molecule has 31 heavy (non-hydrogen) atoms. The first-order valence-corrected chi connectivity index (χ1v) is 8.71. The molecule has 1 amide bonds. The molecule has 0 aliphatic heterocycles. The van der Waals surface area contributed by atoms with E-state index in [9.17, 15) is 27.2 Å². The molecule has 0 aliphatic carbocycles. The predicted octanol–water partition coefficient (Wildman–Crippen LogP) is 3.34. The van der Waals surface area contributed by atoms with Gasteiger partial charge < -0.3 is 19.8 Å². The van der Waals surface area contributed by atoms with Gasteiger partial charge in [-0.1, -0.05) is 6.07 Å². The first-order chi connectivity index (χ1) is 14.7. The van der Waals surface area contributed by atoms with E-state index in [-0.39, 0.29) is 16.8 Å². The smallest absolute Gasteiger partial charge is 0.497 e. The summed E-state index contributed by atoms with van der Waals surface area (Å²) in [5.74, 6) is -2.53. The Labute approximate surface area is 172 Å². The minimum Gasteiger partial charge on any atom is -0.497 e. The zero-order valence-electron chi connectivity index (χ0n) is 15.9. The second kappa shape index (κ2) is 8.86. The molecule has 1 atom stereocenters. The monoisotopic (exact) mass is 437 g/mol. The molecule has 3 rings (SSSR count). The van der Waals surface area contributed by atoms with Gasteiger partial charge in [0, 0.05) is 24.5 Å². The lowest BCUT2D eigenvalue weighted by molar-refractivity contribution is -0.275. The number of pyridine rings is 2. The second-order valence-electron chi connectivity index (χ2n) is 6.21. The summed E-state index contributed by atoms with van der Waals surface area (Å²) in [6.07, 6.45) is -2.48. The van der Waals surface area contributed by atoms with Gasteiger partial charge in [0.05, 0.1) is 24.4 Å². The Morgan fingerprint density at radius 3 is 2.55 bits per heavy atom. The average Bonchev–Trinajstić information content (AvgIpc) is 2.73. The number of aromatic amines is 1. The van der Waals surface area contributed by atoms with Gasteiger partial charge in [-0.2, -0.15) is 0 Å². The van der Waals surface area contributed by atoms with E-state index in [2.05, 4.69) is 20.0 Å². The number of ether oxygens (including phenoxy) is 2. The summed E-state index contributed by atoms with van der Waals surface area (Å²) in [4.78, 5) is 30.4. The number of alkyl halides is 3. The molecule has 2 heterocycles. The molecule has 7 nitrogen and oxygen atoms in total. The quantitative estimate of drug-likeness (QED) is 0.577. The number of halogens is 4. The van der Waals surface area contributed by atoms with Crippen LogP contribution in [0.4, 0.5) is 17.6 Å². The summed E-state index contributed by atoms with van der Waals surface area (Å²) in [6.45, 7) is 0. The van der Waals surface area contributed by atoms with Crippen LogP contribution in [0.2, 0.25) is 0 Å².